The van der Waals surface area contributed by atoms with Crippen molar-refractivity contribution in [2.75, 3.05) is 25.0 Å². The molecule has 1 aromatic rings. The molecule has 0 heterocycles. The van der Waals surface area contributed by atoms with Crippen molar-refractivity contribution in [3.63, 3.8) is 0 Å². The van der Waals surface area contributed by atoms with Gasteiger partial charge in [0.2, 0.25) is 5.91 Å². The van der Waals surface area contributed by atoms with Gasteiger partial charge in [-0.1, -0.05) is 18.2 Å². The van der Waals surface area contributed by atoms with Gasteiger partial charge in [-0.15, -0.1) is 0 Å². The van der Waals surface area contributed by atoms with E-state index in [1.807, 2.05) is 44.2 Å². The Morgan fingerprint density at radius 3 is 2.63 bits per heavy atom. The lowest BCUT2D eigenvalue weighted by molar-refractivity contribution is -0.119. The Kier molecular flexibility index (Phi) is 7.66. The minimum atomic E-state index is 0.0219. The molecule has 1 aromatic carbocycles. The maximum Gasteiger partial charge on any atom is 0.239 e. The van der Waals surface area contributed by atoms with E-state index in [9.17, 15) is 4.79 Å². The van der Waals surface area contributed by atoms with Crippen LogP contribution in [0.2, 0.25) is 0 Å². The van der Waals surface area contributed by atoms with Crippen molar-refractivity contribution in [2.24, 2.45) is 0 Å². The molecule has 106 valence electrons. The Balaban J connectivity index is 1.99. The van der Waals surface area contributed by atoms with E-state index >= 15 is 0 Å². The van der Waals surface area contributed by atoms with Crippen LogP contribution in [-0.2, 0) is 9.53 Å². The highest BCUT2D eigenvalue weighted by Gasteiger charge is 2.00. The van der Waals surface area contributed by atoms with E-state index in [-0.39, 0.29) is 12.0 Å². The topological polar surface area (TPSA) is 50.4 Å². The summed E-state index contributed by atoms with van der Waals surface area (Å²) >= 11 is 0. The van der Waals surface area contributed by atoms with Gasteiger partial charge in [-0.3, -0.25) is 4.79 Å². The fraction of sp³-hybridized carbons (Fsp3) is 0.533. The Bertz CT molecular complexity index is 352. The van der Waals surface area contributed by atoms with Gasteiger partial charge in [0.15, 0.2) is 0 Å². The summed E-state index contributed by atoms with van der Waals surface area (Å²) in [6, 6.07) is 9.71. The SMILES string of the molecule is CC(C)OCCCCNC(=O)CNc1ccccc1. The molecular weight excluding hydrogens is 240 g/mol. The standard InChI is InChI=1S/C15H24N2O2/c1-13(2)19-11-7-6-10-16-15(18)12-17-14-8-4-3-5-9-14/h3-5,8-9,13,17H,6-7,10-12H2,1-2H3,(H,16,18). The molecule has 0 bridgehead atoms. The lowest BCUT2D eigenvalue weighted by Crippen LogP contribution is -2.30. The number of nitrogens with one attached hydrogen (secondary N) is 2. The number of anilines is 1. The van der Waals surface area contributed by atoms with Crippen LogP contribution in [0.25, 0.3) is 0 Å². The zero-order valence-electron chi connectivity index (χ0n) is 11.8. The van der Waals surface area contributed by atoms with Gasteiger partial charge in [-0.25, -0.2) is 0 Å². The van der Waals surface area contributed by atoms with E-state index in [0.717, 1.165) is 25.1 Å². The van der Waals surface area contributed by atoms with Crippen molar-refractivity contribution in [1.29, 1.82) is 0 Å². The van der Waals surface area contributed by atoms with Crippen molar-refractivity contribution in [1.82, 2.24) is 5.32 Å². The highest BCUT2D eigenvalue weighted by molar-refractivity contribution is 5.80. The predicted octanol–water partition coefficient (Wildman–Crippen LogP) is 2.42. The van der Waals surface area contributed by atoms with Crippen LogP contribution < -0.4 is 10.6 Å². The smallest absolute Gasteiger partial charge is 0.239 e. The fourth-order valence-corrected chi connectivity index (χ4v) is 1.57. The van der Waals surface area contributed by atoms with Crippen LogP contribution in [0.15, 0.2) is 30.3 Å². The Hall–Kier alpha value is -1.55. The third-order valence-corrected chi connectivity index (χ3v) is 2.57. The van der Waals surface area contributed by atoms with Crippen LogP contribution in [0.4, 0.5) is 5.69 Å². The third kappa shape index (κ3) is 8.21. The van der Waals surface area contributed by atoms with E-state index in [4.69, 9.17) is 4.74 Å². The minimum absolute atomic E-state index is 0.0219. The normalized spacial score (nSPS) is 10.5. The van der Waals surface area contributed by atoms with Gasteiger partial charge in [-0.05, 0) is 38.8 Å². The monoisotopic (exact) mass is 264 g/mol. The molecule has 0 fully saturated rings. The molecule has 0 aromatic heterocycles. The summed E-state index contributed by atoms with van der Waals surface area (Å²) in [4.78, 5) is 11.6. The van der Waals surface area contributed by atoms with Crippen LogP contribution in [0, 0.1) is 0 Å². The van der Waals surface area contributed by atoms with Crippen LogP contribution in [-0.4, -0.2) is 31.7 Å². The quantitative estimate of drug-likeness (QED) is 0.673. The second kappa shape index (κ2) is 9.39. The molecule has 0 saturated carbocycles. The molecule has 4 heteroatoms. The number of ether oxygens (including phenoxy) is 1. The van der Waals surface area contributed by atoms with Gasteiger partial charge < -0.3 is 15.4 Å². The predicted molar refractivity (Wildman–Crippen MR) is 78.3 cm³/mol. The first kappa shape index (κ1) is 15.5. The van der Waals surface area contributed by atoms with E-state index in [1.165, 1.54) is 0 Å². The van der Waals surface area contributed by atoms with Crippen LogP contribution >= 0.6 is 0 Å². The molecule has 19 heavy (non-hydrogen) atoms. The van der Waals surface area contributed by atoms with Crippen molar-refractivity contribution >= 4 is 11.6 Å². The second-order valence-electron chi connectivity index (χ2n) is 4.70. The molecule has 0 aliphatic heterocycles. The first-order valence-corrected chi connectivity index (χ1v) is 6.85. The summed E-state index contributed by atoms with van der Waals surface area (Å²) in [5, 5.41) is 5.96. The van der Waals surface area contributed by atoms with E-state index < -0.39 is 0 Å². The number of hydrogen-bond acceptors (Lipinski definition) is 3. The van der Waals surface area contributed by atoms with Crippen LogP contribution in [0.1, 0.15) is 26.7 Å². The zero-order chi connectivity index (χ0) is 13.9. The highest BCUT2D eigenvalue weighted by Crippen LogP contribution is 2.03. The molecule has 2 N–H and O–H groups in total. The van der Waals surface area contributed by atoms with E-state index in [2.05, 4.69) is 10.6 Å². The largest absolute Gasteiger partial charge is 0.379 e. The van der Waals surface area contributed by atoms with Crippen molar-refractivity contribution < 1.29 is 9.53 Å². The maximum atomic E-state index is 11.6. The molecule has 0 saturated heterocycles. The molecule has 1 amide bonds. The maximum absolute atomic E-state index is 11.6. The number of benzene rings is 1. The van der Waals surface area contributed by atoms with Crippen molar-refractivity contribution in [3.05, 3.63) is 30.3 Å². The van der Waals surface area contributed by atoms with Gasteiger partial charge >= 0.3 is 0 Å². The summed E-state index contributed by atoms with van der Waals surface area (Å²) in [5.74, 6) is 0.0219. The Morgan fingerprint density at radius 1 is 1.21 bits per heavy atom. The number of hydrogen-bond donors (Lipinski definition) is 2. The lowest BCUT2D eigenvalue weighted by atomic mass is 10.3. The number of amides is 1. The summed E-state index contributed by atoms with van der Waals surface area (Å²) in [5.41, 5.74) is 0.961. The van der Waals surface area contributed by atoms with Gasteiger partial charge in [0, 0.05) is 18.8 Å². The summed E-state index contributed by atoms with van der Waals surface area (Å²) in [7, 11) is 0. The number of para-hydroxylation sites is 1. The van der Waals surface area contributed by atoms with E-state index in [0.29, 0.717) is 13.1 Å². The highest BCUT2D eigenvalue weighted by atomic mass is 16.5. The average molecular weight is 264 g/mol. The first-order chi connectivity index (χ1) is 9.18. The minimum Gasteiger partial charge on any atom is -0.379 e. The second-order valence-corrected chi connectivity index (χ2v) is 4.70. The van der Waals surface area contributed by atoms with Crippen molar-refractivity contribution in [3.8, 4) is 0 Å². The molecule has 0 aliphatic rings. The molecule has 0 unspecified atom stereocenters. The van der Waals surface area contributed by atoms with Gasteiger partial charge in [0.05, 0.1) is 12.6 Å². The third-order valence-electron chi connectivity index (χ3n) is 2.57. The molecule has 0 aliphatic carbocycles. The molecule has 0 atom stereocenters. The molecule has 4 nitrogen and oxygen atoms in total. The first-order valence-electron chi connectivity index (χ1n) is 6.85. The average Bonchev–Trinajstić information content (AvgIpc) is 2.41. The number of unbranched alkanes of at least 4 members (excludes halogenated alkanes) is 1. The summed E-state index contributed by atoms with van der Waals surface area (Å²) in [6.07, 6.45) is 2.21. The van der Waals surface area contributed by atoms with Crippen LogP contribution in [0.5, 0.6) is 0 Å². The summed E-state index contributed by atoms with van der Waals surface area (Å²) < 4.78 is 5.43. The van der Waals surface area contributed by atoms with Crippen LogP contribution in [0.3, 0.4) is 0 Å². The number of carbonyl (C=O) groups is 1. The molecular formula is C15H24N2O2. The lowest BCUT2D eigenvalue weighted by Gasteiger charge is -2.09. The Labute approximate surface area is 115 Å². The molecule has 0 radical (unpaired) electrons. The van der Waals surface area contributed by atoms with Crippen molar-refractivity contribution in [2.45, 2.75) is 32.8 Å². The van der Waals surface area contributed by atoms with Gasteiger partial charge in [0.25, 0.3) is 0 Å². The van der Waals surface area contributed by atoms with Gasteiger partial charge in [-0.2, -0.15) is 0 Å². The van der Waals surface area contributed by atoms with E-state index in [1.54, 1.807) is 0 Å². The molecule has 0 spiro atoms. The fourth-order valence-electron chi connectivity index (χ4n) is 1.57. The zero-order valence-corrected chi connectivity index (χ0v) is 11.8. The number of rotatable bonds is 9. The van der Waals surface area contributed by atoms with Gasteiger partial charge in [0.1, 0.15) is 0 Å². The molecule has 1 rings (SSSR count). The Morgan fingerprint density at radius 2 is 1.95 bits per heavy atom. The summed E-state index contributed by atoms with van der Waals surface area (Å²) in [6.45, 7) is 5.83. The number of carbonyl (C=O) groups excluding carboxylic acids is 1.